The number of rotatable bonds is 1. The van der Waals surface area contributed by atoms with E-state index in [9.17, 15) is 0 Å². The van der Waals surface area contributed by atoms with Crippen LogP contribution in [0.2, 0.25) is 0 Å². The Bertz CT molecular complexity index is 264. The molecule has 0 amide bonds. The van der Waals surface area contributed by atoms with Crippen LogP contribution in [-0.2, 0) is 11.8 Å². The molecule has 1 heterocycles. The van der Waals surface area contributed by atoms with Crippen molar-refractivity contribution in [3.63, 3.8) is 0 Å². The summed E-state index contributed by atoms with van der Waals surface area (Å²) in [5.41, 5.74) is 0. The second-order valence-electron chi connectivity index (χ2n) is 2.45. The van der Waals surface area contributed by atoms with Crippen LogP contribution in [0.15, 0.2) is 11.9 Å². The van der Waals surface area contributed by atoms with Gasteiger partial charge in [0.1, 0.15) is 0 Å². The molecule has 2 unspecified atom stereocenters. The fourth-order valence-corrected chi connectivity index (χ4v) is 5.70. The van der Waals surface area contributed by atoms with E-state index in [-0.39, 0.29) is 5.25 Å². The monoisotopic (exact) mass is 203 g/mol. The largest absolute Gasteiger partial charge is 0.270 e. The molecule has 1 aliphatic heterocycles. The van der Waals surface area contributed by atoms with Crippen molar-refractivity contribution >= 4 is 28.6 Å². The van der Waals surface area contributed by atoms with Crippen LogP contribution in [0.3, 0.4) is 0 Å². The van der Waals surface area contributed by atoms with E-state index in [1.807, 2.05) is 20.2 Å². The summed E-state index contributed by atoms with van der Waals surface area (Å²) in [7, 11) is 4.02. The van der Waals surface area contributed by atoms with Crippen LogP contribution in [0.1, 0.15) is 0 Å². The number of terminal acetylenes is 1. The summed E-state index contributed by atoms with van der Waals surface area (Å²) < 4.78 is 2.10. The van der Waals surface area contributed by atoms with Gasteiger partial charge in [-0.05, 0) is 19.9 Å². The molecule has 60 valence electrons. The summed E-state index contributed by atoms with van der Waals surface area (Å²) in [5.74, 6) is 4.78. The molecule has 0 aromatic heterocycles. The van der Waals surface area contributed by atoms with Crippen LogP contribution in [0.25, 0.3) is 0 Å². The summed E-state index contributed by atoms with van der Waals surface area (Å²) in [6.07, 6.45) is 7.32. The Morgan fingerprint density at radius 3 is 2.64 bits per heavy atom. The summed E-state index contributed by atoms with van der Waals surface area (Å²) in [5, 5.41) is -1.26. The minimum atomic E-state index is -1.45. The van der Waals surface area contributed by atoms with Gasteiger partial charge >= 0.3 is 0 Å². The van der Waals surface area contributed by atoms with E-state index in [0.29, 0.717) is 0 Å². The third-order valence-corrected chi connectivity index (χ3v) is 8.97. The molecule has 1 nitrogen and oxygen atoms in total. The van der Waals surface area contributed by atoms with Crippen molar-refractivity contribution in [3.8, 4) is 12.3 Å². The molecule has 0 saturated carbocycles. The summed E-state index contributed by atoms with van der Waals surface area (Å²) in [6, 6.07) is 0. The molecule has 0 radical (unpaired) electrons. The summed E-state index contributed by atoms with van der Waals surface area (Å²) in [4.78, 5) is 0. The molecule has 1 rings (SSSR count). The molecule has 0 bridgehead atoms. The van der Waals surface area contributed by atoms with Crippen molar-refractivity contribution in [1.29, 1.82) is 0 Å². The van der Waals surface area contributed by atoms with Crippen LogP contribution in [-0.4, -0.2) is 24.0 Å². The normalized spacial score (nSPS) is 36.0. The summed E-state index contributed by atoms with van der Waals surface area (Å²) >= 11 is 7.18. The van der Waals surface area contributed by atoms with E-state index < -0.39 is 5.39 Å². The van der Waals surface area contributed by atoms with Crippen molar-refractivity contribution < 1.29 is 0 Å². The van der Waals surface area contributed by atoms with Gasteiger partial charge in [0.05, 0.1) is 10.6 Å². The minimum Gasteiger partial charge on any atom is -0.270 e. The Labute approximate surface area is 77.0 Å². The molecule has 0 spiro atoms. The van der Waals surface area contributed by atoms with Crippen LogP contribution in [0.5, 0.6) is 0 Å². The van der Waals surface area contributed by atoms with Crippen molar-refractivity contribution in [3.05, 3.63) is 11.9 Å². The maximum absolute atomic E-state index is 5.45. The predicted molar refractivity (Wildman–Crippen MR) is 57.3 cm³/mol. The van der Waals surface area contributed by atoms with Gasteiger partial charge in [-0.1, -0.05) is 35.2 Å². The highest BCUT2D eigenvalue weighted by Gasteiger charge is 2.25. The lowest BCUT2D eigenvalue weighted by Gasteiger charge is -2.21. The molecule has 4 heteroatoms. The Hall–Kier alpha value is 0.260. The van der Waals surface area contributed by atoms with Crippen LogP contribution in [0.4, 0.5) is 0 Å². The lowest BCUT2D eigenvalue weighted by Crippen LogP contribution is -2.02. The first kappa shape index (κ1) is 9.35. The molecule has 2 atom stereocenters. The van der Waals surface area contributed by atoms with Crippen LogP contribution >= 0.6 is 16.8 Å². The molecule has 1 aliphatic rings. The zero-order chi connectivity index (χ0) is 8.48. The van der Waals surface area contributed by atoms with E-state index in [4.69, 9.17) is 18.2 Å². The van der Waals surface area contributed by atoms with Gasteiger partial charge < -0.3 is 0 Å². The van der Waals surface area contributed by atoms with E-state index in [1.54, 1.807) is 11.4 Å². The fraction of sp³-hybridized carbons (Fsp3) is 0.429. The number of hydrogen-bond acceptors (Lipinski definition) is 2. The van der Waals surface area contributed by atoms with Gasteiger partial charge in [0.25, 0.3) is 0 Å². The zero-order valence-electron chi connectivity index (χ0n) is 6.52. The van der Waals surface area contributed by atoms with Crippen molar-refractivity contribution in [2.75, 3.05) is 14.1 Å². The van der Waals surface area contributed by atoms with Gasteiger partial charge in [-0.15, -0.1) is 6.42 Å². The molecule has 11 heavy (non-hydrogen) atoms. The van der Waals surface area contributed by atoms with Gasteiger partial charge in [0.15, 0.2) is 0 Å². The van der Waals surface area contributed by atoms with Crippen molar-refractivity contribution in [2.45, 2.75) is 5.25 Å². The third-order valence-electron chi connectivity index (χ3n) is 1.44. The first-order chi connectivity index (χ1) is 5.08. The quantitative estimate of drug-likeness (QED) is 0.475. The molecule has 0 aromatic carbocycles. The average Bonchev–Trinajstić information content (AvgIpc) is 2.33. The first-order valence-corrected chi connectivity index (χ1v) is 7.51. The van der Waals surface area contributed by atoms with Gasteiger partial charge in [0.2, 0.25) is 0 Å². The Morgan fingerprint density at radius 2 is 2.36 bits per heavy atom. The maximum atomic E-state index is 5.45. The molecule has 0 aliphatic carbocycles. The standard InChI is InChI=1S/C7H10NPS2/c1-4-7-5-6-9(10,11-7)8(2)3/h1,5-7H,2-3H3. The lowest BCUT2D eigenvalue weighted by atomic mass is 10.4. The smallest absolute Gasteiger partial charge is 0.0902 e. The highest BCUT2D eigenvalue weighted by Crippen LogP contribution is 2.67. The van der Waals surface area contributed by atoms with Crippen LogP contribution in [0, 0.1) is 12.3 Å². The van der Waals surface area contributed by atoms with Crippen molar-refractivity contribution in [2.24, 2.45) is 0 Å². The minimum absolute atomic E-state index is 0.197. The van der Waals surface area contributed by atoms with Gasteiger partial charge in [-0.2, -0.15) is 0 Å². The van der Waals surface area contributed by atoms with Gasteiger partial charge in [-0.3, -0.25) is 4.67 Å². The first-order valence-electron chi connectivity index (χ1n) is 3.20. The average molecular weight is 203 g/mol. The Morgan fingerprint density at radius 1 is 1.73 bits per heavy atom. The van der Waals surface area contributed by atoms with Gasteiger partial charge in [0, 0.05) is 0 Å². The van der Waals surface area contributed by atoms with E-state index in [2.05, 4.69) is 16.4 Å². The predicted octanol–water partition coefficient (Wildman–Crippen LogP) is 2.12. The molecule has 0 saturated heterocycles. The SMILES string of the molecule is C#CC1C=CP(=S)(N(C)C)S1. The topological polar surface area (TPSA) is 3.24 Å². The van der Waals surface area contributed by atoms with Gasteiger partial charge in [-0.25, -0.2) is 0 Å². The second kappa shape index (κ2) is 3.33. The molecular weight excluding hydrogens is 193 g/mol. The lowest BCUT2D eigenvalue weighted by molar-refractivity contribution is 0.692. The highest BCUT2D eigenvalue weighted by molar-refractivity contribution is 8.71. The van der Waals surface area contributed by atoms with Crippen molar-refractivity contribution in [1.82, 2.24) is 4.67 Å². The van der Waals surface area contributed by atoms with E-state index in [1.165, 1.54) is 0 Å². The Kier molecular flexibility index (Phi) is 2.83. The third kappa shape index (κ3) is 1.89. The number of nitrogens with zero attached hydrogens (tertiary/aromatic N) is 1. The summed E-state index contributed by atoms with van der Waals surface area (Å²) in [6.45, 7) is 0. The fourth-order valence-electron chi connectivity index (χ4n) is 0.734. The van der Waals surface area contributed by atoms with Crippen LogP contribution < -0.4 is 0 Å². The molecule has 0 fully saturated rings. The van der Waals surface area contributed by atoms with E-state index in [0.717, 1.165) is 0 Å². The zero-order valence-corrected chi connectivity index (χ0v) is 9.05. The highest BCUT2D eigenvalue weighted by atomic mass is 32.9. The Balaban J connectivity index is 2.78. The molecule has 0 N–H and O–H groups in total. The molecular formula is C7H10NPS2. The molecule has 0 aromatic rings. The van der Waals surface area contributed by atoms with E-state index >= 15 is 0 Å². The number of hydrogen-bond donors (Lipinski definition) is 0. The second-order valence-corrected chi connectivity index (χ2v) is 10.1. The maximum Gasteiger partial charge on any atom is 0.0902 e.